The number of hydrogen-bond acceptors (Lipinski definition) is 4. The fraction of sp³-hybridized carbons (Fsp3) is 0.727. The van der Waals surface area contributed by atoms with Crippen LogP contribution in [0.5, 0.6) is 0 Å². The van der Waals surface area contributed by atoms with E-state index >= 15 is 0 Å². The molecule has 7 heteroatoms. The second kappa shape index (κ2) is 5.79. The molecule has 0 aliphatic carbocycles. The molecule has 1 fully saturated rings. The number of hydrogen-bond donors (Lipinski definition) is 1. The minimum Gasteiger partial charge on any atom is -0.388 e. The molecule has 2 nitrogen and oxygen atoms in total. The van der Waals surface area contributed by atoms with Crippen LogP contribution in [-0.2, 0) is 6.18 Å². The summed E-state index contributed by atoms with van der Waals surface area (Å²) < 4.78 is 37.2. The Labute approximate surface area is 112 Å². The number of aliphatic hydroxyl groups excluding tert-OH is 1. The zero-order valence-corrected chi connectivity index (χ0v) is 11.2. The zero-order chi connectivity index (χ0) is 13.2. The second-order valence-corrected chi connectivity index (χ2v) is 6.66. The molecule has 0 amide bonds. The van der Waals surface area contributed by atoms with Gasteiger partial charge in [0.05, 0.1) is 11.0 Å². The highest BCUT2D eigenvalue weighted by Crippen LogP contribution is 2.37. The first kappa shape index (κ1) is 14.1. The van der Waals surface area contributed by atoms with Crippen molar-refractivity contribution in [2.24, 2.45) is 5.92 Å². The number of nitrogens with zero attached hydrogens (tertiary/aromatic N) is 1. The third-order valence-corrected chi connectivity index (χ3v) is 5.18. The van der Waals surface area contributed by atoms with Gasteiger partial charge in [-0.15, -0.1) is 11.3 Å². The Morgan fingerprint density at radius 1 is 1.39 bits per heavy atom. The number of thioether (sulfide) groups is 1. The Morgan fingerprint density at radius 2 is 2.06 bits per heavy atom. The van der Waals surface area contributed by atoms with Crippen LogP contribution in [-0.4, -0.2) is 21.6 Å². The quantitative estimate of drug-likeness (QED) is 0.923. The smallest absolute Gasteiger partial charge is 0.388 e. The van der Waals surface area contributed by atoms with Gasteiger partial charge in [-0.1, -0.05) is 0 Å². The average molecular weight is 297 g/mol. The van der Waals surface area contributed by atoms with Crippen LogP contribution in [0.1, 0.15) is 35.3 Å². The second-order valence-electron chi connectivity index (χ2n) is 4.37. The van der Waals surface area contributed by atoms with Gasteiger partial charge in [0, 0.05) is 6.20 Å². The lowest BCUT2D eigenvalue weighted by molar-refractivity contribution is -0.137. The normalized spacial score (nSPS) is 20.0. The molecular formula is C11H14F3NOS2. The third kappa shape index (κ3) is 3.61. The first-order chi connectivity index (χ1) is 8.47. The van der Waals surface area contributed by atoms with Crippen molar-refractivity contribution in [1.82, 2.24) is 4.98 Å². The zero-order valence-electron chi connectivity index (χ0n) is 9.61. The predicted octanol–water partition coefficient (Wildman–Crippen LogP) is 3.73. The van der Waals surface area contributed by atoms with E-state index in [4.69, 9.17) is 0 Å². The van der Waals surface area contributed by atoms with Crippen LogP contribution in [0.3, 0.4) is 0 Å². The van der Waals surface area contributed by atoms with Crippen LogP contribution < -0.4 is 0 Å². The minimum atomic E-state index is -4.41. The molecule has 2 heterocycles. The maximum atomic E-state index is 12.4. The number of thiazole rings is 1. The summed E-state index contributed by atoms with van der Waals surface area (Å²) in [5.41, 5.74) is 0. The molecule has 1 N–H and O–H groups in total. The van der Waals surface area contributed by atoms with Crippen LogP contribution in [0.2, 0.25) is 0 Å². The molecule has 0 radical (unpaired) electrons. The average Bonchev–Trinajstić information content (AvgIpc) is 2.79. The molecule has 0 aromatic carbocycles. The van der Waals surface area contributed by atoms with Gasteiger partial charge in [0.2, 0.25) is 0 Å². The van der Waals surface area contributed by atoms with Gasteiger partial charge in [0.25, 0.3) is 0 Å². The number of halogens is 3. The summed E-state index contributed by atoms with van der Waals surface area (Å²) in [6.07, 6.45) is -1.47. The van der Waals surface area contributed by atoms with Gasteiger partial charge in [-0.25, -0.2) is 4.98 Å². The molecular weight excluding hydrogens is 283 g/mol. The Hall–Kier alpha value is -0.270. The fourth-order valence-corrected chi connectivity index (χ4v) is 3.97. The van der Waals surface area contributed by atoms with Crippen LogP contribution in [0, 0.1) is 5.92 Å². The van der Waals surface area contributed by atoms with Gasteiger partial charge >= 0.3 is 6.18 Å². The van der Waals surface area contributed by atoms with Gasteiger partial charge in [-0.2, -0.15) is 24.9 Å². The van der Waals surface area contributed by atoms with Crippen molar-refractivity contribution in [2.75, 3.05) is 11.5 Å². The Kier molecular flexibility index (Phi) is 4.55. The van der Waals surface area contributed by atoms with E-state index in [1.54, 1.807) is 0 Å². The van der Waals surface area contributed by atoms with Crippen molar-refractivity contribution in [3.63, 3.8) is 0 Å². The van der Waals surface area contributed by atoms with E-state index in [2.05, 4.69) is 4.98 Å². The van der Waals surface area contributed by atoms with Crippen molar-refractivity contribution in [3.8, 4) is 0 Å². The topological polar surface area (TPSA) is 33.1 Å². The van der Waals surface area contributed by atoms with Gasteiger partial charge in [0.1, 0.15) is 0 Å². The van der Waals surface area contributed by atoms with Crippen LogP contribution in [0.15, 0.2) is 6.20 Å². The molecule has 0 spiro atoms. The Morgan fingerprint density at radius 3 is 2.61 bits per heavy atom. The van der Waals surface area contributed by atoms with E-state index in [1.165, 1.54) is 0 Å². The molecule has 2 rings (SSSR count). The SMILES string of the molecule is OC(CC1CCSCC1)c1cnc(C(F)(F)F)s1. The molecule has 0 saturated carbocycles. The highest BCUT2D eigenvalue weighted by Gasteiger charge is 2.35. The molecule has 102 valence electrons. The van der Waals surface area contributed by atoms with Gasteiger partial charge in [-0.05, 0) is 36.7 Å². The fourth-order valence-electron chi connectivity index (χ4n) is 1.99. The maximum absolute atomic E-state index is 12.4. The number of alkyl halides is 3. The summed E-state index contributed by atoms with van der Waals surface area (Å²) >= 11 is 2.43. The van der Waals surface area contributed by atoms with Gasteiger partial charge < -0.3 is 5.11 Å². The van der Waals surface area contributed by atoms with Gasteiger partial charge in [-0.3, -0.25) is 0 Å². The minimum absolute atomic E-state index is 0.320. The number of aliphatic hydroxyl groups is 1. The van der Waals surface area contributed by atoms with Gasteiger partial charge in [0.15, 0.2) is 5.01 Å². The van der Waals surface area contributed by atoms with Crippen molar-refractivity contribution in [1.29, 1.82) is 0 Å². The highest BCUT2D eigenvalue weighted by molar-refractivity contribution is 7.99. The molecule has 1 aromatic heterocycles. The first-order valence-corrected chi connectivity index (χ1v) is 7.72. The predicted molar refractivity (Wildman–Crippen MR) is 66.7 cm³/mol. The van der Waals surface area contributed by atoms with E-state index in [0.717, 1.165) is 30.5 Å². The molecule has 1 aromatic rings. The summed E-state index contributed by atoms with van der Waals surface area (Å²) in [6.45, 7) is 0. The summed E-state index contributed by atoms with van der Waals surface area (Å²) in [4.78, 5) is 3.65. The summed E-state index contributed by atoms with van der Waals surface area (Å²) in [7, 11) is 0. The molecule has 1 aliphatic rings. The van der Waals surface area contributed by atoms with Crippen molar-refractivity contribution < 1.29 is 18.3 Å². The first-order valence-electron chi connectivity index (χ1n) is 5.75. The van der Waals surface area contributed by atoms with E-state index < -0.39 is 17.3 Å². The highest BCUT2D eigenvalue weighted by atomic mass is 32.2. The lowest BCUT2D eigenvalue weighted by atomic mass is 9.95. The third-order valence-electron chi connectivity index (χ3n) is 2.99. The van der Waals surface area contributed by atoms with Crippen molar-refractivity contribution >= 4 is 23.1 Å². The summed E-state index contributed by atoms with van der Waals surface area (Å²) in [5.74, 6) is 2.57. The number of aromatic nitrogens is 1. The Balaban J connectivity index is 1.96. The lowest BCUT2D eigenvalue weighted by Crippen LogP contribution is -2.13. The molecule has 0 bridgehead atoms. The summed E-state index contributed by atoms with van der Waals surface area (Å²) in [6, 6.07) is 0. The van der Waals surface area contributed by atoms with Crippen LogP contribution >= 0.6 is 23.1 Å². The van der Waals surface area contributed by atoms with E-state index in [9.17, 15) is 18.3 Å². The molecule has 1 aliphatic heterocycles. The van der Waals surface area contributed by atoms with Crippen molar-refractivity contribution in [3.05, 3.63) is 16.1 Å². The monoisotopic (exact) mass is 297 g/mol. The number of rotatable bonds is 3. The summed E-state index contributed by atoms with van der Waals surface area (Å²) in [5, 5.41) is 9.07. The van der Waals surface area contributed by atoms with Crippen LogP contribution in [0.25, 0.3) is 0 Å². The Bertz CT molecular complexity index is 388. The lowest BCUT2D eigenvalue weighted by Gasteiger charge is -2.23. The van der Waals surface area contributed by atoms with E-state index in [1.807, 2.05) is 11.8 Å². The van der Waals surface area contributed by atoms with E-state index in [0.29, 0.717) is 28.6 Å². The van der Waals surface area contributed by atoms with Crippen LogP contribution in [0.4, 0.5) is 13.2 Å². The standard InChI is InChI=1S/C11H14F3NOS2/c12-11(13,14)10-15-6-9(18-10)8(16)5-7-1-3-17-4-2-7/h6-8,16H,1-5H2. The largest absolute Gasteiger partial charge is 0.443 e. The maximum Gasteiger partial charge on any atom is 0.443 e. The van der Waals surface area contributed by atoms with E-state index in [-0.39, 0.29) is 0 Å². The molecule has 18 heavy (non-hydrogen) atoms. The molecule has 1 unspecified atom stereocenters. The molecule has 1 atom stereocenters. The van der Waals surface area contributed by atoms with Crippen molar-refractivity contribution in [2.45, 2.75) is 31.5 Å². The molecule has 1 saturated heterocycles.